The minimum Gasteiger partial charge on any atom is -0.444 e. The van der Waals surface area contributed by atoms with Crippen LogP contribution >= 0.6 is 0 Å². The summed E-state index contributed by atoms with van der Waals surface area (Å²) in [6.45, 7) is 8.59. The van der Waals surface area contributed by atoms with Crippen molar-refractivity contribution in [3.63, 3.8) is 0 Å². The highest BCUT2D eigenvalue weighted by Crippen LogP contribution is 2.51. The van der Waals surface area contributed by atoms with Crippen molar-refractivity contribution in [2.45, 2.75) is 109 Å². The van der Waals surface area contributed by atoms with Crippen molar-refractivity contribution >= 4 is 11.7 Å². The first-order chi connectivity index (χ1) is 18.1. The molecule has 0 radical (unpaired) electrons. The summed E-state index contributed by atoms with van der Waals surface area (Å²) in [5.41, 5.74) is 3.44. The molecule has 4 rings (SSSR count). The number of carbonyl (C=O) groups excluding carboxylic acids is 1. The van der Waals surface area contributed by atoms with Crippen molar-refractivity contribution in [2.24, 2.45) is 5.41 Å². The SMILES string of the molecule is COC1CC=C(c2nn(C3CCCCO3)cc2CN(C)CCN(C)C(=O)OC(C)(C)C)CC12CCCCC2. The maximum absolute atomic E-state index is 12.4. The lowest BCUT2D eigenvalue weighted by Gasteiger charge is -2.45. The van der Waals surface area contributed by atoms with Gasteiger partial charge in [0, 0.05) is 57.6 Å². The number of allylic oxidation sites excluding steroid dienone is 1. The maximum atomic E-state index is 12.4. The number of hydrogen-bond acceptors (Lipinski definition) is 6. The van der Waals surface area contributed by atoms with E-state index >= 15 is 0 Å². The van der Waals surface area contributed by atoms with Crippen LogP contribution in [0.5, 0.6) is 0 Å². The number of methoxy groups -OCH3 is 1. The summed E-state index contributed by atoms with van der Waals surface area (Å²) in [6, 6.07) is 0. The lowest BCUT2D eigenvalue weighted by atomic mass is 9.63. The molecular formula is C30H50N4O4. The van der Waals surface area contributed by atoms with Crippen LogP contribution in [0, 0.1) is 5.41 Å². The highest BCUT2D eigenvalue weighted by Gasteiger charge is 2.43. The van der Waals surface area contributed by atoms with Crippen LogP contribution in [0.3, 0.4) is 0 Å². The molecule has 2 fully saturated rings. The van der Waals surface area contributed by atoms with E-state index in [1.807, 2.05) is 27.9 Å². The van der Waals surface area contributed by atoms with Crippen molar-refractivity contribution in [1.82, 2.24) is 19.6 Å². The van der Waals surface area contributed by atoms with Crippen LogP contribution in [0.1, 0.15) is 102 Å². The molecule has 1 amide bonds. The zero-order valence-electron chi connectivity index (χ0n) is 24.6. The average molecular weight is 531 g/mol. The van der Waals surface area contributed by atoms with Crippen LogP contribution in [0.4, 0.5) is 4.79 Å². The number of likely N-dealkylation sites (N-methyl/N-ethyl adjacent to an activating group) is 2. The van der Waals surface area contributed by atoms with Crippen LogP contribution in [0.15, 0.2) is 12.3 Å². The smallest absolute Gasteiger partial charge is 0.410 e. The van der Waals surface area contributed by atoms with Gasteiger partial charge in [-0.1, -0.05) is 25.3 Å². The molecule has 1 saturated carbocycles. The molecule has 2 heterocycles. The molecule has 8 heteroatoms. The van der Waals surface area contributed by atoms with Gasteiger partial charge in [0.2, 0.25) is 0 Å². The highest BCUT2D eigenvalue weighted by molar-refractivity contribution is 5.68. The zero-order valence-corrected chi connectivity index (χ0v) is 24.6. The van der Waals surface area contributed by atoms with Crippen molar-refractivity contribution < 1.29 is 19.0 Å². The molecule has 2 aliphatic carbocycles. The minimum absolute atomic E-state index is 0.0133. The fourth-order valence-electron chi connectivity index (χ4n) is 6.36. The second kappa shape index (κ2) is 12.5. The Morgan fingerprint density at radius 2 is 1.92 bits per heavy atom. The Kier molecular flexibility index (Phi) is 9.58. The Balaban J connectivity index is 1.51. The van der Waals surface area contributed by atoms with Gasteiger partial charge in [-0.15, -0.1) is 0 Å². The van der Waals surface area contributed by atoms with E-state index < -0.39 is 5.60 Å². The summed E-state index contributed by atoms with van der Waals surface area (Å²) < 4.78 is 19.7. The molecule has 3 aliphatic rings. The van der Waals surface area contributed by atoms with Gasteiger partial charge in [0.05, 0.1) is 11.8 Å². The molecule has 1 saturated heterocycles. The second-order valence-electron chi connectivity index (χ2n) is 12.7. The van der Waals surface area contributed by atoms with Crippen molar-refractivity contribution in [3.05, 3.63) is 23.5 Å². The monoisotopic (exact) mass is 530 g/mol. The summed E-state index contributed by atoms with van der Waals surface area (Å²) in [7, 11) is 5.79. The Morgan fingerprint density at radius 1 is 1.16 bits per heavy atom. The summed E-state index contributed by atoms with van der Waals surface area (Å²) in [5, 5.41) is 5.17. The van der Waals surface area contributed by atoms with E-state index in [2.05, 4.69) is 28.9 Å². The predicted octanol–water partition coefficient (Wildman–Crippen LogP) is 6.02. The highest BCUT2D eigenvalue weighted by atomic mass is 16.6. The molecule has 0 bridgehead atoms. The number of amides is 1. The van der Waals surface area contributed by atoms with E-state index in [1.54, 1.807) is 11.9 Å². The lowest BCUT2D eigenvalue weighted by Crippen LogP contribution is -2.40. The maximum Gasteiger partial charge on any atom is 0.410 e. The van der Waals surface area contributed by atoms with Gasteiger partial charge in [0.1, 0.15) is 11.8 Å². The van der Waals surface area contributed by atoms with Crippen LogP contribution in [-0.2, 0) is 20.8 Å². The normalized spacial score (nSPS) is 23.9. The van der Waals surface area contributed by atoms with Crippen molar-refractivity contribution in [2.75, 3.05) is 40.9 Å². The summed E-state index contributed by atoms with van der Waals surface area (Å²) in [6.07, 6.45) is 16.3. The van der Waals surface area contributed by atoms with Gasteiger partial charge in [0.25, 0.3) is 0 Å². The lowest BCUT2D eigenvalue weighted by molar-refractivity contribution is -0.0399. The largest absolute Gasteiger partial charge is 0.444 e. The van der Waals surface area contributed by atoms with Gasteiger partial charge >= 0.3 is 6.09 Å². The molecule has 38 heavy (non-hydrogen) atoms. The first kappa shape index (κ1) is 29.1. The Hall–Kier alpha value is -1.90. The van der Waals surface area contributed by atoms with Crippen LogP contribution in [0.2, 0.25) is 0 Å². The van der Waals surface area contributed by atoms with Crippen LogP contribution < -0.4 is 0 Å². The summed E-state index contributed by atoms with van der Waals surface area (Å²) in [4.78, 5) is 16.3. The number of rotatable bonds is 8. The Labute approximate surface area is 229 Å². The third kappa shape index (κ3) is 7.19. The van der Waals surface area contributed by atoms with Gasteiger partial charge in [-0.05, 0) is 78.3 Å². The number of nitrogens with zero attached hydrogens (tertiary/aromatic N) is 4. The number of hydrogen-bond donors (Lipinski definition) is 0. The molecule has 1 aliphatic heterocycles. The third-order valence-corrected chi connectivity index (χ3v) is 8.46. The number of ether oxygens (including phenoxy) is 3. The van der Waals surface area contributed by atoms with E-state index in [-0.39, 0.29) is 17.7 Å². The standard InChI is InChI=1S/C30H50N4O4/c1-29(2,3)38-28(35)33(5)18-17-32(4)21-24-22-34(26-12-8-11-19-37-26)31-27(24)23-13-14-25(36-6)30(20-23)15-9-7-10-16-30/h13,22,25-26H,7-12,14-21H2,1-6H3. The second-order valence-corrected chi connectivity index (χ2v) is 12.7. The quantitative estimate of drug-likeness (QED) is 0.409. The van der Waals surface area contributed by atoms with Crippen molar-refractivity contribution in [3.8, 4) is 0 Å². The van der Waals surface area contributed by atoms with Crippen molar-refractivity contribution in [1.29, 1.82) is 0 Å². The first-order valence-corrected chi connectivity index (χ1v) is 14.6. The van der Waals surface area contributed by atoms with E-state index in [9.17, 15) is 4.79 Å². The summed E-state index contributed by atoms with van der Waals surface area (Å²) >= 11 is 0. The first-order valence-electron chi connectivity index (χ1n) is 14.6. The topological polar surface area (TPSA) is 69.1 Å². The molecule has 0 N–H and O–H groups in total. The van der Waals surface area contributed by atoms with Gasteiger partial charge in [0.15, 0.2) is 0 Å². The van der Waals surface area contributed by atoms with Crippen LogP contribution in [0.25, 0.3) is 5.57 Å². The summed E-state index contributed by atoms with van der Waals surface area (Å²) in [5.74, 6) is 0. The van der Waals surface area contributed by atoms with E-state index in [0.717, 1.165) is 51.1 Å². The third-order valence-electron chi connectivity index (χ3n) is 8.46. The Bertz CT molecular complexity index is 954. The number of carbonyl (C=O) groups is 1. The molecule has 214 valence electrons. The molecule has 2 atom stereocenters. The molecule has 0 aromatic carbocycles. The molecule has 1 aromatic rings. The molecular weight excluding hydrogens is 480 g/mol. The van der Waals surface area contributed by atoms with Gasteiger partial charge in [-0.25, -0.2) is 9.48 Å². The fraction of sp³-hybridized carbons (Fsp3) is 0.800. The minimum atomic E-state index is -0.493. The Morgan fingerprint density at radius 3 is 2.58 bits per heavy atom. The van der Waals surface area contributed by atoms with E-state index in [4.69, 9.17) is 19.3 Å². The molecule has 2 unspecified atom stereocenters. The van der Waals surface area contributed by atoms with E-state index in [1.165, 1.54) is 49.7 Å². The van der Waals surface area contributed by atoms with Gasteiger partial charge in [-0.2, -0.15) is 5.10 Å². The number of aromatic nitrogens is 2. The molecule has 8 nitrogen and oxygen atoms in total. The molecule has 1 spiro atoms. The fourth-order valence-corrected chi connectivity index (χ4v) is 6.36. The zero-order chi connectivity index (χ0) is 27.3. The predicted molar refractivity (Wildman–Crippen MR) is 150 cm³/mol. The molecule has 1 aromatic heterocycles. The van der Waals surface area contributed by atoms with Gasteiger partial charge in [-0.3, -0.25) is 0 Å². The van der Waals surface area contributed by atoms with Crippen LogP contribution in [-0.4, -0.2) is 78.3 Å². The average Bonchev–Trinajstić information content (AvgIpc) is 3.31. The van der Waals surface area contributed by atoms with E-state index in [0.29, 0.717) is 12.6 Å². The van der Waals surface area contributed by atoms with Gasteiger partial charge < -0.3 is 24.0 Å².